The van der Waals surface area contributed by atoms with Gasteiger partial charge in [0.15, 0.2) is 0 Å². The lowest BCUT2D eigenvalue weighted by atomic mass is 10.2. The fourth-order valence-corrected chi connectivity index (χ4v) is 3.95. The monoisotopic (exact) mass is 365 g/mol. The molecule has 4 nitrogen and oxygen atoms in total. The molecule has 0 aromatic heterocycles. The van der Waals surface area contributed by atoms with E-state index in [1.165, 1.54) is 34.4 Å². The second-order valence-electron chi connectivity index (χ2n) is 5.72. The molecule has 0 spiro atoms. The molecular formula is C18H23NO3S2. The second-order valence-corrected chi connectivity index (χ2v) is 9.01. The average molecular weight is 366 g/mol. The van der Waals surface area contributed by atoms with Crippen LogP contribution < -0.4 is 4.74 Å². The Morgan fingerprint density at radius 2 is 1.71 bits per heavy atom. The van der Waals surface area contributed by atoms with E-state index in [1.807, 2.05) is 0 Å². The Bertz CT molecular complexity index is 784. The van der Waals surface area contributed by atoms with Gasteiger partial charge in [0.1, 0.15) is 5.75 Å². The molecule has 2 aromatic rings. The Labute approximate surface area is 148 Å². The third-order valence-electron chi connectivity index (χ3n) is 3.56. The highest BCUT2D eigenvalue weighted by molar-refractivity contribution is 7.99. The van der Waals surface area contributed by atoms with Gasteiger partial charge < -0.3 is 4.74 Å². The largest absolute Gasteiger partial charge is 0.493 e. The lowest BCUT2D eigenvalue weighted by Gasteiger charge is -2.12. The minimum absolute atomic E-state index is 0.268. The van der Waals surface area contributed by atoms with Gasteiger partial charge in [-0.25, -0.2) is 12.7 Å². The summed E-state index contributed by atoms with van der Waals surface area (Å²) < 4.78 is 30.9. The molecule has 0 aliphatic heterocycles. The lowest BCUT2D eigenvalue weighted by Crippen LogP contribution is -2.22. The summed E-state index contributed by atoms with van der Waals surface area (Å²) in [5.74, 6) is 1.51. The standard InChI is InChI=1S/C18H23NO3S2/c1-14-5-6-15(2)18(13-14)23-12-11-22-16-7-9-17(10-8-16)24(20,21)19(3)4/h5-10,13H,11-12H2,1-4H3. The van der Waals surface area contributed by atoms with Crippen molar-refractivity contribution >= 4 is 21.8 Å². The van der Waals surface area contributed by atoms with E-state index in [1.54, 1.807) is 36.0 Å². The van der Waals surface area contributed by atoms with Gasteiger partial charge in [0.2, 0.25) is 10.0 Å². The van der Waals surface area contributed by atoms with Crippen molar-refractivity contribution in [2.75, 3.05) is 26.5 Å². The SMILES string of the molecule is Cc1ccc(C)c(SCCOc2ccc(S(=O)(=O)N(C)C)cc2)c1. The van der Waals surface area contributed by atoms with Crippen LogP contribution in [-0.4, -0.2) is 39.2 Å². The van der Waals surface area contributed by atoms with Gasteiger partial charge in [-0.05, 0) is 49.7 Å². The molecule has 0 aliphatic carbocycles. The van der Waals surface area contributed by atoms with E-state index in [0.717, 1.165) is 5.75 Å². The Morgan fingerprint density at radius 1 is 1.04 bits per heavy atom. The van der Waals surface area contributed by atoms with Crippen molar-refractivity contribution in [2.24, 2.45) is 0 Å². The Balaban J connectivity index is 1.88. The first-order valence-corrected chi connectivity index (χ1v) is 10.1. The third-order valence-corrected chi connectivity index (χ3v) is 6.51. The van der Waals surface area contributed by atoms with E-state index in [0.29, 0.717) is 12.4 Å². The number of sulfonamides is 1. The molecular weight excluding hydrogens is 342 g/mol. The number of hydrogen-bond acceptors (Lipinski definition) is 4. The fraction of sp³-hybridized carbons (Fsp3) is 0.333. The van der Waals surface area contributed by atoms with Gasteiger partial charge in [-0.2, -0.15) is 0 Å². The molecule has 0 bridgehead atoms. The van der Waals surface area contributed by atoms with Gasteiger partial charge in [0, 0.05) is 24.7 Å². The first-order chi connectivity index (χ1) is 11.3. The smallest absolute Gasteiger partial charge is 0.242 e. The fourth-order valence-electron chi connectivity index (χ4n) is 2.09. The van der Waals surface area contributed by atoms with E-state index >= 15 is 0 Å². The normalized spacial score (nSPS) is 11.7. The summed E-state index contributed by atoms with van der Waals surface area (Å²) in [7, 11) is -0.354. The second kappa shape index (κ2) is 8.05. The van der Waals surface area contributed by atoms with Crippen LogP contribution in [0.25, 0.3) is 0 Å². The van der Waals surface area contributed by atoms with E-state index < -0.39 is 10.0 Å². The van der Waals surface area contributed by atoms with Crippen molar-refractivity contribution in [3.63, 3.8) is 0 Å². The highest BCUT2D eigenvalue weighted by Crippen LogP contribution is 2.24. The molecule has 0 amide bonds. The zero-order chi connectivity index (χ0) is 17.7. The number of aryl methyl sites for hydroxylation is 2. The van der Waals surface area contributed by atoms with Crippen molar-refractivity contribution < 1.29 is 13.2 Å². The van der Waals surface area contributed by atoms with E-state index in [9.17, 15) is 8.42 Å². The molecule has 0 atom stereocenters. The first kappa shape index (κ1) is 18.8. The maximum Gasteiger partial charge on any atom is 0.242 e. The van der Waals surface area contributed by atoms with Crippen molar-refractivity contribution in [3.05, 3.63) is 53.6 Å². The van der Waals surface area contributed by atoms with Crippen LogP contribution in [0, 0.1) is 13.8 Å². The Morgan fingerprint density at radius 3 is 2.33 bits per heavy atom. The van der Waals surface area contributed by atoms with Crippen molar-refractivity contribution in [3.8, 4) is 5.75 Å². The summed E-state index contributed by atoms with van der Waals surface area (Å²) in [4.78, 5) is 1.54. The number of benzene rings is 2. The van der Waals surface area contributed by atoms with Gasteiger partial charge >= 0.3 is 0 Å². The van der Waals surface area contributed by atoms with Gasteiger partial charge in [-0.15, -0.1) is 11.8 Å². The number of thioether (sulfide) groups is 1. The van der Waals surface area contributed by atoms with Crippen LogP contribution in [0.1, 0.15) is 11.1 Å². The summed E-state index contributed by atoms with van der Waals surface area (Å²) in [6, 6.07) is 12.9. The predicted molar refractivity (Wildman–Crippen MR) is 99.4 cm³/mol. The Hall–Kier alpha value is -1.50. The predicted octanol–water partition coefficient (Wildman–Crippen LogP) is 3.72. The molecule has 0 N–H and O–H groups in total. The molecule has 2 aromatic carbocycles. The summed E-state index contributed by atoms with van der Waals surface area (Å²) in [6.45, 7) is 4.76. The summed E-state index contributed by atoms with van der Waals surface area (Å²) in [5.41, 5.74) is 2.52. The molecule has 0 fully saturated rings. The van der Waals surface area contributed by atoms with Crippen LogP contribution in [0.2, 0.25) is 0 Å². The molecule has 0 heterocycles. The molecule has 0 saturated heterocycles. The summed E-state index contributed by atoms with van der Waals surface area (Å²) in [5, 5.41) is 0. The zero-order valence-electron chi connectivity index (χ0n) is 14.4. The van der Waals surface area contributed by atoms with E-state index in [-0.39, 0.29) is 4.90 Å². The van der Waals surface area contributed by atoms with Crippen LogP contribution in [0.4, 0.5) is 0 Å². The number of nitrogens with zero attached hydrogens (tertiary/aromatic N) is 1. The molecule has 0 aliphatic rings. The summed E-state index contributed by atoms with van der Waals surface area (Å²) >= 11 is 1.76. The highest BCUT2D eigenvalue weighted by Gasteiger charge is 2.16. The number of rotatable bonds is 7. The molecule has 2 rings (SSSR count). The molecule has 6 heteroatoms. The minimum atomic E-state index is -3.39. The van der Waals surface area contributed by atoms with Crippen LogP contribution in [0.15, 0.2) is 52.3 Å². The number of ether oxygens (including phenoxy) is 1. The minimum Gasteiger partial charge on any atom is -0.493 e. The van der Waals surface area contributed by atoms with Gasteiger partial charge in [-0.3, -0.25) is 0 Å². The van der Waals surface area contributed by atoms with Crippen molar-refractivity contribution in [1.29, 1.82) is 0 Å². The molecule has 0 unspecified atom stereocenters. The number of hydrogen-bond donors (Lipinski definition) is 0. The Kier molecular flexibility index (Phi) is 6.32. The molecule has 0 radical (unpaired) electrons. The average Bonchev–Trinajstić information content (AvgIpc) is 2.55. The van der Waals surface area contributed by atoms with Crippen LogP contribution in [0.3, 0.4) is 0 Å². The van der Waals surface area contributed by atoms with Gasteiger partial charge in [-0.1, -0.05) is 17.7 Å². The van der Waals surface area contributed by atoms with Gasteiger partial charge in [0.05, 0.1) is 11.5 Å². The van der Waals surface area contributed by atoms with Crippen LogP contribution in [0.5, 0.6) is 5.75 Å². The van der Waals surface area contributed by atoms with Crippen LogP contribution >= 0.6 is 11.8 Å². The topological polar surface area (TPSA) is 46.6 Å². The quantitative estimate of drug-likeness (QED) is 0.554. The third kappa shape index (κ3) is 4.75. The first-order valence-electron chi connectivity index (χ1n) is 7.66. The molecule has 130 valence electrons. The van der Waals surface area contributed by atoms with E-state index in [2.05, 4.69) is 32.0 Å². The van der Waals surface area contributed by atoms with Crippen molar-refractivity contribution in [1.82, 2.24) is 4.31 Å². The van der Waals surface area contributed by atoms with Crippen LogP contribution in [-0.2, 0) is 10.0 Å². The maximum absolute atomic E-state index is 12.0. The zero-order valence-corrected chi connectivity index (χ0v) is 16.1. The lowest BCUT2D eigenvalue weighted by molar-refractivity contribution is 0.343. The maximum atomic E-state index is 12.0. The highest BCUT2D eigenvalue weighted by atomic mass is 32.2. The van der Waals surface area contributed by atoms with Gasteiger partial charge in [0.25, 0.3) is 0 Å². The summed E-state index contributed by atoms with van der Waals surface area (Å²) in [6.07, 6.45) is 0. The van der Waals surface area contributed by atoms with E-state index in [4.69, 9.17) is 4.74 Å². The van der Waals surface area contributed by atoms with Crippen molar-refractivity contribution in [2.45, 2.75) is 23.6 Å². The molecule has 24 heavy (non-hydrogen) atoms. The molecule has 0 saturated carbocycles.